The van der Waals surface area contributed by atoms with Crippen molar-refractivity contribution < 1.29 is 4.39 Å². The van der Waals surface area contributed by atoms with Crippen molar-refractivity contribution >= 4 is 21.4 Å². The molecule has 102 valence electrons. The molecule has 1 heterocycles. The fourth-order valence-corrected chi connectivity index (χ4v) is 3.45. The first kappa shape index (κ1) is 13.3. The number of nitrogens with two attached hydrogens (primary N) is 1. The second-order valence-corrected chi connectivity index (χ2v) is 6.00. The Balaban J connectivity index is 1.90. The summed E-state index contributed by atoms with van der Waals surface area (Å²) in [6, 6.07) is 13.2. The largest absolute Gasteiger partial charge is 0.324 e. The van der Waals surface area contributed by atoms with E-state index < -0.39 is 0 Å². The maximum absolute atomic E-state index is 14.0. The molecule has 1 unspecified atom stereocenters. The van der Waals surface area contributed by atoms with E-state index in [0.717, 1.165) is 5.56 Å². The van der Waals surface area contributed by atoms with Gasteiger partial charge in [0.25, 0.3) is 0 Å². The molecule has 0 radical (unpaired) electrons. The minimum atomic E-state index is -0.311. The number of benzene rings is 2. The molecule has 3 rings (SSSR count). The van der Waals surface area contributed by atoms with Crippen LogP contribution >= 0.6 is 11.3 Å². The summed E-state index contributed by atoms with van der Waals surface area (Å²) < 4.78 is 15.2. The normalized spacial score (nSPS) is 12.8. The number of fused-ring (bicyclic) bond motifs is 1. The van der Waals surface area contributed by atoms with Crippen LogP contribution in [0, 0.1) is 12.7 Å². The van der Waals surface area contributed by atoms with Crippen LogP contribution in [-0.4, -0.2) is 0 Å². The fraction of sp³-hybridized carbons (Fsp3) is 0.176. The van der Waals surface area contributed by atoms with Crippen LogP contribution in [0.4, 0.5) is 4.39 Å². The van der Waals surface area contributed by atoms with E-state index in [1.165, 1.54) is 15.6 Å². The maximum Gasteiger partial charge on any atom is 0.128 e. The lowest BCUT2D eigenvalue weighted by molar-refractivity contribution is 0.580. The van der Waals surface area contributed by atoms with Crippen LogP contribution in [0.15, 0.2) is 47.8 Å². The van der Waals surface area contributed by atoms with Gasteiger partial charge in [-0.15, -0.1) is 11.3 Å². The highest BCUT2D eigenvalue weighted by Crippen LogP contribution is 2.29. The van der Waals surface area contributed by atoms with Gasteiger partial charge in [-0.25, -0.2) is 4.39 Å². The molecule has 2 N–H and O–H groups in total. The van der Waals surface area contributed by atoms with Crippen molar-refractivity contribution in [2.45, 2.75) is 19.4 Å². The molecule has 0 aliphatic rings. The van der Waals surface area contributed by atoms with Crippen LogP contribution in [0.2, 0.25) is 0 Å². The lowest BCUT2D eigenvalue weighted by Crippen LogP contribution is -2.14. The van der Waals surface area contributed by atoms with E-state index in [-0.39, 0.29) is 11.9 Å². The lowest BCUT2D eigenvalue weighted by Gasteiger charge is -2.13. The topological polar surface area (TPSA) is 26.0 Å². The average molecular weight is 285 g/mol. The van der Waals surface area contributed by atoms with Gasteiger partial charge in [0.05, 0.1) is 0 Å². The second-order valence-electron chi connectivity index (χ2n) is 5.09. The van der Waals surface area contributed by atoms with Gasteiger partial charge < -0.3 is 5.73 Å². The van der Waals surface area contributed by atoms with Gasteiger partial charge in [0.15, 0.2) is 0 Å². The molecule has 0 spiro atoms. The zero-order valence-electron chi connectivity index (χ0n) is 11.3. The summed E-state index contributed by atoms with van der Waals surface area (Å²) in [6.45, 7) is 1.88. The third-order valence-corrected chi connectivity index (χ3v) is 4.57. The zero-order valence-corrected chi connectivity index (χ0v) is 12.1. The third-order valence-electron chi connectivity index (χ3n) is 3.56. The molecule has 1 aromatic heterocycles. The van der Waals surface area contributed by atoms with Crippen molar-refractivity contribution in [1.29, 1.82) is 0 Å². The zero-order chi connectivity index (χ0) is 14.1. The highest BCUT2D eigenvalue weighted by molar-refractivity contribution is 7.17. The average Bonchev–Trinajstić information content (AvgIpc) is 2.82. The molecule has 3 aromatic rings. The molecule has 0 amide bonds. The smallest absolute Gasteiger partial charge is 0.128 e. The van der Waals surface area contributed by atoms with E-state index >= 15 is 0 Å². The summed E-state index contributed by atoms with van der Waals surface area (Å²) >= 11 is 1.71. The van der Waals surface area contributed by atoms with E-state index in [0.29, 0.717) is 12.0 Å². The number of aryl methyl sites for hydroxylation is 1. The molecule has 0 aliphatic carbocycles. The maximum atomic E-state index is 14.0. The van der Waals surface area contributed by atoms with E-state index in [1.807, 2.05) is 25.1 Å². The van der Waals surface area contributed by atoms with Crippen molar-refractivity contribution in [1.82, 2.24) is 0 Å². The van der Waals surface area contributed by atoms with Gasteiger partial charge in [0.2, 0.25) is 0 Å². The van der Waals surface area contributed by atoms with Crippen molar-refractivity contribution in [2.24, 2.45) is 5.73 Å². The predicted molar refractivity (Wildman–Crippen MR) is 83.6 cm³/mol. The molecule has 0 bridgehead atoms. The SMILES string of the molecule is Cc1ccc(C(N)Cc2csc3ccccc23)c(F)c1. The van der Waals surface area contributed by atoms with Gasteiger partial charge in [-0.05, 0) is 47.4 Å². The summed E-state index contributed by atoms with van der Waals surface area (Å²) in [5.41, 5.74) is 8.89. The molecule has 2 aromatic carbocycles. The van der Waals surface area contributed by atoms with E-state index in [2.05, 4.69) is 17.5 Å². The molecule has 1 atom stereocenters. The van der Waals surface area contributed by atoms with E-state index in [9.17, 15) is 4.39 Å². The van der Waals surface area contributed by atoms with Gasteiger partial charge in [-0.2, -0.15) is 0 Å². The van der Waals surface area contributed by atoms with Crippen LogP contribution in [0.25, 0.3) is 10.1 Å². The first-order valence-electron chi connectivity index (χ1n) is 6.62. The monoisotopic (exact) mass is 285 g/mol. The minimum Gasteiger partial charge on any atom is -0.324 e. The molecule has 0 saturated carbocycles. The van der Waals surface area contributed by atoms with Crippen LogP contribution < -0.4 is 5.73 Å². The fourth-order valence-electron chi connectivity index (χ4n) is 2.47. The Labute approximate surface area is 121 Å². The van der Waals surface area contributed by atoms with Crippen molar-refractivity contribution in [3.8, 4) is 0 Å². The highest BCUT2D eigenvalue weighted by Gasteiger charge is 2.14. The number of hydrogen-bond acceptors (Lipinski definition) is 2. The third kappa shape index (κ3) is 2.47. The van der Waals surface area contributed by atoms with E-state index in [4.69, 9.17) is 5.73 Å². The van der Waals surface area contributed by atoms with Crippen LogP contribution in [0.1, 0.15) is 22.7 Å². The van der Waals surface area contributed by atoms with Gasteiger partial charge in [-0.1, -0.05) is 30.3 Å². The number of hydrogen-bond donors (Lipinski definition) is 1. The highest BCUT2D eigenvalue weighted by atomic mass is 32.1. The summed E-state index contributed by atoms with van der Waals surface area (Å²) in [6.07, 6.45) is 0.657. The van der Waals surface area contributed by atoms with Crippen LogP contribution in [0.5, 0.6) is 0 Å². The summed E-state index contributed by atoms with van der Waals surface area (Å²) in [4.78, 5) is 0. The number of rotatable bonds is 3. The Kier molecular flexibility index (Phi) is 3.55. The molecular weight excluding hydrogens is 269 g/mol. The molecule has 20 heavy (non-hydrogen) atoms. The molecule has 3 heteroatoms. The number of halogens is 1. The van der Waals surface area contributed by atoms with Crippen molar-refractivity contribution in [2.75, 3.05) is 0 Å². The summed E-state index contributed by atoms with van der Waals surface area (Å²) in [5.74, 6) is -0.211. The predicted octanol–water partition coefficient (Wildman–Crippen LogP) is 4.59. The van der Waals surface area contributed by atoms with Crippen molar-refractivity contribution in [3.63, 3.8) is 0 Å². The Morgan fingerprint density at radius 2 is 2.00 bits per heavy atom. The van der Waals surface area contributed by atoms with Gasteiger partial charge in [0, 0.05) is 16.3 Å². The van der Waals surface area contributed by atoms with Gasteiger partial charge >= 0.3 is 0 Å². The first-order valence-corrected chi connectivity index (χ1v) is 7.50. The number of thiophene rings is 1. The quantitative estimate of drug-likeness (QED) is 0.748. The lowest BCUT2D eigenvalue weighted by atomic mass is 9.98. The Morgan fingerprint density at radius 1 is 1.20 bits per heavy atom. The van der Waals surface area contributed by atoms with Gasteiger partial charge in [0.1, 0.15) is 5.82 Å². The Morgan fingerprint density at radius 3 is 2.80 bits per heavy atom. The van der Waals surface area contributed by atoms with Crippen molar-refractivity contribution in [3.05, 3.63) is 70.4 Å². The molecule has 1 nitrogen and oxygen atoms in total. The Hall–Kier alpha value is -1.71. The summed E-state index contributed by atoms with van der Waals surface area (Å²) in [7, 11) is 0. The first-order chi connectivity index (χ1) is 9.65. The summed E-state index contributed by atoms with van der Waals surface area (Å²) in [5, 5.41) is 3.34. The van der Waals surface area contributed by atoms with Gasteiger partial charge in [-0.3, -0.25) is 0 Å². The van der Waals surface area contributed by atoms with E-state index in [1.54, 1.807) is 23.5 Å². The molecule has 0 fully saturated rings. The molecule has 0 aliphatic heterocycles. The van der Waals surface area contributed by atoms with Crippen LogP contribution in [-0.2, 0) is 6.42 Å². The van der Waals surface area contributed by atoms with Crippen LogP contribution in [0.3, 0.4) is 0 Å². The minimum absolute atomic E-state index is 0.211. The second kappa shape index (κ2) is 5.35. The molecular formula is C17H16FNS. The Bertz CT molecular complexity index is 748. The standard InChI is InChI=1S/C17H16FNS/c1-11-6-7-14(15(18)8-11)16(19)9-12-10-20-17-5-3-2-4-13(12)17/h2-8,10,16H,9,19H2,1H3. The molecule has 0 saturated heterocycles.